The van der Waals surface area contributed by atoms with Gasteiger partial charge in [-0.1, -0.05) is 28.1 Å². The predicted molar refractivity (Wildman–Crippen MR) is 128 cm³/mol. The van der Waals surface area contributed by atoms with Gasteiger partial charge in [0.25, 0.3) is 11.8 Å². The van der Waals surface area contributed by atoms with E-state index in [9.17, 15) is 23.2 Å². The molecule has 0 fully saturated rings. The van der Waals surface area contributed by atoms with Crippen LogP contribution < -0.4 is 15.5 Å². The standard InChI is InChI=1S/C23H15Br2F2N3O4/c24-16-7-15(21(19(25)10-16)34-23(33)14-4-2-6-18(27)9-14)11-29-30-20(31)12-28-22(32)13-3-1-5-17(26)8-13/h1-11H,12H2,(H,28,32)(H,30,31). The second-order valence-corrected chi connectivity index (χ2v) is 8.46. The van der Waals surface area contributed by atoms with E-state index in [2.05, 4.69) is 47.7 Å². The summed E-state index contributed by atoms with van der Waals surface area (Å²) in [7, 11) is 0. The van der Waals surface area contributed by atoms with E-state index < -0.39 is 36.0 Å². The van der Waals surface area contributed by atoms with Gasteiger partial charge in [-0.3, -0.25) is 9.59 Å². The van der Waals surface area contributed by atoms with Crippen LogP contribution in [0.3, 0.4) is 0 Å². The maximum Gasteiger partial charge on any atom is 0.343 e. The molecule has 34 heavy (non-hydrogen) atoms. The van der Waals surface area contributed by atoms with Crippen LogP contribution in [0.1, 0.15) is 26.3 Å². The highest BCUT2D eigenvalue weighted by molar-refractivity contribution is 9.11. The minimum Gasteiger partial charge on any atom is -0.421 e. The summed E-state index contributed by atoms with van der Waals surface area (Å²) in [6.45, 7) is -0.406. The van der Waals surface area contributed by atoms with Crippen molar-refractivity contribution in [2.45, 2.75) is 0 Å². The van der Waals surface area contributed by atoms with E-state index in [4.69, 9.17) is 4.74 Å². The number of hydrogen-bond acceptors (Lipinski definition) is 5. The normalized spacial score (nSPS) is 10.7. The zero-order valence-electron chi connectivity index (χ0n) is 17.2. The highest BCUT2D eigenvalue weighted by atomic mass is 79.9. The summed E-state index contributed by atoms with van der Waals surface area (Å²) in [5.41, 5.74) is 2.63. The smallest absolute Gasteiger partial charge is 0.343 e. The van der Waals surface area contributed by atoms with Gasteiger partial charge in [-0.25, -0.2) is 19.0 Å². The number of carbonyl (C=O) groups excluding carboxylic acids is 3. The highest BCUT2D eigenvalue weighted by Gasteiger charge is 2.16. The van der Waals surface area contributed by atoms with Gasteiger partial charge >= 0.3 is 5.97 Å². The molecule has 3 aromatic rings. The van der Waals surface area contributed by atoms with Crippen molar-refractivity contribution >= 4 is 55.9 Å². The van der Waals surface area contributed by atoms with Gasteiger partial charge in [-0.2, -0.15) is 5.10 Å². The molecule has 0 aliphatic heterocycles. The molecule has 0 saturated carbocycles. The molecule has 3 aromatic carbocycles. The molecule has 0 heterocycles. The van der Waals surface area contributed by atoms with Crippen molar-refractivity contribution in [3.05, 3.63) is 97.9 Å². The van der Waals surface area contributed by atoms with Crippen molar-refractivity contribution in [3.8, 4) is 5.75 Å². The highest BCUT2D eigenvalue weighted by Crippen LogP contribution is 2.32. The molecule has 0 saturated heterocycles. The first-order valence-corrected chi connectivity index (χ1v) is 11.1. The Hall–Kier alpha value is -3.44. The molecular weight excluding hydrogens is 580 g/mol. The Labute approximate surface area is 209 Å². The molecule has 3 rings (SSSR count). The van der Waals surface area contributed by atoms with Crippen molar-refractivity contribution < 1.29 is 27.9 Å². The van der Waals surface area contributed by atoms with Crippen molar-refractivity contribution in [1.82, 2.24) is 10.7 Å². The molecular formula is C23H15Br2F2N3O4. The number of nitrogens with one attached hydrogen (secondary N) is 2. The molecule has 11 heteroatoms. The second kappa shape index (κ2) is 11.6. The number of esters is 1. The van der Waals surface area contributed by atoms with Crippen molar-refractivity contribution in [1.29, 1.82) is 0 Å². The number of hydrazone groups is 1. The molecule has 0 aliphatic rings. The number of hydrogen-bond donors (Lipinski definition) is 2. The van der Waals surface area contributed by atoms with E-state index in [1.165, 1.54) is 42.6 Å². The van der Waals surface area contributed by atoms with Crippen LogP contribution in [-0.2, 0) is 4.79 Å². The summed E-state index contributed by atoms with van der Waals surface area (Å²) in [6, 6.07) is 13.3. The number of nitrogens with zero attached hydrogens (tertiary/aromatic N) is 1. The average molecular weight is 595 g/mol. The number of amides is 2. The van der Waals surface area contributed by atoms with Crippen molar-refractivity contribution in [3.63, 3.8) is 0 Å². The number of benzene rings is 3. The molecule has 174 valence electrons. The molecule has 2 N–H and O–H groups in total. The fraction of sp³-hybridized carbons (Fsp3) is 0.0435. The van der Waals surface area contributed by atoms with Gasteiger partial charge in [0, 0.05) is 15.6 Å². The van der Waals surface area contributed by atoms with Crippen LogP contribution in [0.25, 0.3) is 0 Å². The number of ether oxygens (including phenoxy) is 1. The third-order valence-electron chi connectivity index (χ3n) is 4.18. The SMILES string of the molecule is O=C(CNC(=O)c1cccc(F)c1)NN=Cc1cc(Br)cc(Br)c1OC(=O)c1cccc(F)c1. The van der Waals surface area contributed by atoms with Gasteiger partial charge < -0.3 is 10.1 Å². The summed E-state index contributed by atoms with van der Waals surface area (Å²) in [6.07, 6.45) is 1.23. The Balaban J connectivity index is 1.65. The topological polar surface area (TPSA) is 96.9 Å². The Kier molecular flexibility index (Phi) is 8.61. The third-order valence-corrected chi connectivity index (χ3v) is 5.23. The Morgan fingerprint density at radius 2 is 1.59 bits per heavy atom. The lowest BCUT2D eigenvalue weighted by molar-refractivity contribution is -0.120. The average Bonchev–Trinajstić information content (AvgIpc) is 2.79. The summed E-state index contributed by atoms with van der Waals surface area (Å²) in [5, 5.41) is 6.16. The Morgan fingerprint density at radius 1 is 0.941 bits per heavy atom. The Bertz CT molecular complexity index is 1280. The van der Waals surface area contributed by atoms with Crippen LogP contribution in [-0.4, -0.2) is 30.5 Å². The van der Waals surface area contributed by atoms with E-state index in [1.807, 2.05) is 0 Å². The van der Waals surface area contributed by atoms with Crippen LogP contribution in [0.5, 0.6) is 5.75 Å². The molecule has 2 amide bonds. The van der Waals surface area contributed by atoms with E-state index in [-0.39, 0.29) is 16.9 Å². The fourth-order valence-corrected chi connectivity index (χ4v) is 4.00. The lowest BCUT2D eigenvalue weighted by atomic mass is 10.2. The maximum absolute atomic E-state index is 13.4. The van der Waals surface area contributed by atoms with Crippen LogP contribution in [0.4, 0.5) is 8.78 Å². The minimum absolute atomic E-state index is 0.0139. The van der Waals surface area contributed by atoms with Crippen LogP contribution in [0.2, 0.25) is 0 Å². The lowest BCUT2D eigenvalue weighted by Crippen LogP contribution is -2.34. The zero-order chi connectivity index (χ0) is 24.7. The summed E-state index contributed by atoms with van der Waals surface area (Å²) in [4.78, 5) is 36.4. The number of rotatable bonds is 7. The fourth-order valence-electron chi connectivity index (χ4n) is 2.66. The van der Waals surface area contributed by atoms with Gasteiger partial charge in [-0.15, -0.1) is 0 Å². The first kappa shape index (κ1) is 25.2. The van der Waals surface area contributed by atoms with Crippen LogP contribution in [0, 0.1) is 11.6 Å². The van der Waals surface area contributed by atoms with E-state index in [0.717, 1.165) is 12.1 Å². The molecule has 0 aromatic heterocycles. The minimum atomic E-state index is -0.790. The summed E-state index contributed by atoms with van der Waals surface area (Å²) >= 11 is 6.61. The van der Waals surface area contributed by atoms with E-state index >= 15 is 0 Å². The molecule has 0 bridgehead atoms. The van der Waals surface area contributed by atoms with Gasteiger partial charge in [0.05, 0.1) is 22.8 Å². The predicted octanol–water partition coefficient (Wildman–Crippen LogP) is 4.59. The number of halogens is 4. The molecule has 0 aliphatic carbocycles. The second-order valence-electron chi connectivity index (χ2n) is 6.69. The third kappa shape index (κ3) is 7.03. The zero-order valence-corrected chi connectivity index (χ0v) is 20.3. The summed E-state index contributed by atoms with van der Waals surface area (Å²) < 4.78 is 33.1. The van der Waals surface area contributed by atoms with Crippen molar-refractivity contribution in [2.75, 3.05) is 6.54 Å². The summed E-state index contributed by atoms with van der Waals surface area (Å²) in [5.74, 6) is -3.13. The first-order valence-electron chi connectivity index (χ1n) is 9.55. The van der Waals surface area contributed by atoms with E-state index in [0.29, 0.717) is 14.5 Å². The largest absolute Gasteiger partial charge is 0.421 e. The quantitative estimate of drug-likeness (QED) is 0.181. The van der Waals surface area contributed by atoms with Gasteiger partial charge in [-0.05, 0) is 64.5 Å². The molecule has 0 unspecified atom stereocenters. The monoisotopic (exact) mass is 593 g/mol. The molecule has 7 nitrogen and oxygen atoms in total. The first-order chi connectivity index (χ1) is 16.2. The van der Waals surface area contributed by atoms with Gasteiger partial charge in [0.15, 0.2) is 5.75 Å². The van der Waals surface area contributed by atoms with Gasteiger partial charge in [0.2, 0.25) is 0 Å². The molecule has 0 radical (unpaired) electrons. The van der Waals surface area contributed by atoms with Crippen molar-refractivity contribution in [2.24, 2.45) is 5.10 Å². The maximum atomic E-state index is 13.4. The molecule has 0 atom stereocenters. The van der Waals surface area contributed by atoms with Crippen LogP contribution >= 0.6 is 31.9 Å². The Morgan fingerprint density at radius 3 is 2.26 bits per heavy atom. The van der Waals surface area contributed by atoms with E-state index in [1.54, 1.807) is 12.1 Å². The lowest BCUT2D eigenvalue weighted by Gasteiger charge is -2.10. The van der Waals surface area contributed by atoms with Gasteiger partial charge in [0.1, 0.15) is 11.6 Å². The van der Waals surface area contributed by atoms with Crippen LogP contribution in [0.15, 0.2) is 74.7 Å². The molecule has 0 spiro atoms. The number of carbonyl (C=O) groups is 3.